The molecule has 0 heterocycles. The Morgan fingerprint density at radius 3 is 2.31 bits per heavy atom. The molecule has 0 unspecified atom stereocenters. The summed E-state index contributed by atoms with van der Waals surface area (Å²) >= 11 is 0. The first-order chi connectivity index (χ1) is 7.93. The summed E-state index contributed by atoms with van der Waals surface area (Å²) in [6, 6.07) is 10.6. The Balaban J connectivity index is 1.89. The van der Waals surface area contributed by atoms with Gasteiger partial charge in [-0.15, -0.1) is 0 Å². The lowest BCUT2D eigenvalue weighted by Crippen LogP contribution is -2.30. The third kappa shape index (κ3) is 6.56. The number of rotatable bonds is 9. The molecule has 16 heavy (non-hydrogen) atoms. The highest BCUT2D eigenvalue weighted by Crippen LogP contribution is 1.97. The van der Waals surface area contributed by atoms with Crippen molar-refractivity contribution >= 4 is 0 Å². The van der Waals surface area contributed by atoms with Gasteiger partial charge < -0.3 is 15.4 Å². The fraction of sp³-hybridized carbons (Fsp3) is 0.538. The second-order valence-corrected chi connectivity index (χ2v) is 3.73. The van der Waals surface area contributed by atoms with E-state index in [-0.39, 0.29) is 0 Å². The number of hydrogen-bond donors (Lipinski definition) is 2. The van der Waals surface area contributed by atoms with Crippen LogP contribution in [0.5, 0.6) is 0 Å². The summed E-state index contributed by atoms with van der Waals surface area (Å²) in [5.41, 5.74) is 1.39. The van der Waals surface area contributed by atoms with Crippen LogP contribution in [0.3, 0.4) is 0 Å². The second-order valence-electron chi connectivity index (χ2n) is 3.73. The normalized spacial score (nSPS) is 10.6. The standard InChI is InChI=1S/C13H22N2O/c1-16-12-11-15-10-9-14-8-7-13-5-3-2-4-6-13/h2-6,14-15H,7-12H2,1H3. The van der Waals surface area contributed by atoms with Gasteiger partial charge in [0, 0.05) is 26.7 Å². The highest BCUT2D eigenvalue weighted by Gasteiger charge is 1.91. The van der Waals surface area contributed by atoms with Crippen molar-refractivity contribution in [1.82, 2.24) is 10.6 Å². The molecule has 90 valence electrons. The predicted molar refractivity (Wildman–Crippen MR) is 67.8 cm³/mol. The molecule has 0 amide bonds. The Kier molecular flexibility index (Phi) is 7.68. The summed E-state index contributed by atoms with van der Waals surface area (Å²) in [6.45, 7) is 4.76. The van der Waals surface area contributed by atoms with E-state index in [1.165, 1.54) is 5.56 Å². The highest BCUT2D eigenvalue weighted by molar-refractivity contribution is 5.14. The lowest BCUT2D eigenvalue weighted by molar-refractivity contribution is 0.199. The van der Waals surface area contributed by atoms with E-state index in [4.69, 9.17) is 4.74 Å². The molecule has 3 heteroatoms. The first-order valence-corrected chi connectivity index (χ1v) is 5.88. The van der Waals surface area contributed by atoms with Crippen LogP contribution in [0.25, 0.3) is 0 Å². The largest absolute Gasteiger partial charge is 0.383 e. The summed E-state index contributed by atoms with van der Waals surface area (Å²) in [6.07, 6.45) is 1.10. The number of hydrogen-bond acceptors (Lipinski definition) is 3. The maximum absolute atomic E-state index is 4.94. The van der Waals surface area contributed by atoms with Crippen molar-refractivity contribution in [2.75, 3.05) is 39.9 Å². The maximum atomic E-state index is 4.94. The number of benzene rings is 1. The first-order valence-electron chi connectivity index (χ1n) is 5.88. The molecule has 0 radical (unpaired) electrons. The lowest BCUT2D eigenvalue weighted by Gasteiger charge is -2.06. The summed E-state index contributed by atoms with van der Waals surface area (Å²) < 4.78 is 4.94. The third-order valence-corrected chi connectivity index (χ3v) is 2.39. The average molecular weight is 222 g/mol. The van der Waals surface area contributed by atoms with Crippen molar-refractivity contribution in [2.24, 2.45) is 0 Å². The fourth-order valence-electron chi connectivity index (χ4n) is 1.48. The van der Waals surface area contributed by atoms with Gasteiger partial charge in [-0.3, -0.25) is 0 Å². The van der Waals surface area contributed by atoms with Crippen LogP contribution >= 0.6 is 0 Å². The van der Waals surface area contributed by atoms with E-state index in [2.05, 4.69) is 41.0 Å². The molecule has 0 saturated heterocycles. The Morgan fingerprint density at radius 2 is 1.62 bits per heavy atom. The zero-order valence-electron chi connectivity index (χ0n) is 10.0. The van der Waals surface area contributed by atoms with Crippen LogP contribution in [0.1, 0.15) is 5.56 Å². The second kappa shape index (κ2) is 9.33. The smallest absolute Gasteiger partial charge is 0.0587 e. The minimum absolute atomic E-state index is 0.782. The molecule has 0 aliphatic rings. The van der Waals surface area contributed by atoms with Gasteiger partial charge in [0.25, 0.3) is 0 Å². The summed E-state index contributed by atoms with van der Waals surface area (Å²) in [4.78, 5) is 0. The molecule has 1 aromatic rings. The molecule has 0 bridgehead atoms. The summed E-state index contributed by atoms with van der Waals surface area (Å²) in [5.74, 6) is 0. The Labute approximate surface area is 98.2 Å². The van der Waals surface area contributed by atoms with Gasteiger partial charge >= 0.3 is 0 Å². The van der Waals surface area contributed by atoms with Crippen molar-refractivity contribution in [1.29, 1.82) is 0 Å². The van der Waals surface area contributed by atoms with Crippen LogP contribution in [0.4, 0.5) is 0 Å². The average Bonchev–Trinajstić information content (AvgIpc) is 2.34. The molecule has 0 aliphatic heterocycles. The monoisotopic (exact) mass is 222 g/mol. The van der Waals surface area contributed by atoms with Crippen LogP contribution in [0.2, 0.25) is 0 Å². The van der Waals surface area contributed by atoms with Crippen LogP contribution in [-0.4, -0.2) is 39.9 Å². The number of ether oxygens (including phenoxy) is 1. The molecular weight excluding hydrogens is 200 g/mol. The minimum atomic E-state index is 0.782. The first kappa shape index (κ1) is 13.2. The van der Waals surface area contributed by atoms with E-state index in [0.717, 1.165) is 39.2 Å². The summed E-state index contributed by atoms with van der Waals surface area (Å²) in [5, 5.41) is 6.70. The molecule has 0 atom stereocenters. The summed E-state index contributed by atoms with van der Waals surface area (Å²) in [7, 11) is 1.72. The topological polar surface area (TPSA) is 33.3 Å². The van der Waals surface area contributed by atoms with Crippen LogP contribution in [-0.2, 0) is 11.2 Å². The van der Waals surface area contributed by atoms with Crippen LogP contribution in [0.15, 0.2) is 30.3 Å². The molecule has 0 fully saturated rings. The molecule has 1 aromatic carbocycles. The molecule has 2 N–H and O–H groups in total. The van der Waals surface area contributed by atoms with Crippen molar-refractivity contribution in [2.45, 2.75) is 6.42 Å². The lowest BCUT2D eigenvalue weighted by atomic mass is 10.1. The minimum Gasteiger partial charge on any atom is -0.383 e. The SMILES string of the molecule is COCCNCCNCCc1ccccc1. The molecule has 1 rings (SSSR count). The predicted octanol–water partition coefficient (Wildman–Crippen LogP) is 1.05. The van der Waals surface area contributed by atoms with Crippen LogP contribution < -0.4 is 10.6 Å². The zero-order chi connectivity index (χ0) is 11.5. The van der Waals surface area contributed by atoms with E-state index < -0.39 is 0 Å². The molecular formula is C13H22N2O. The quantitative estimate of drug-likeness (QED) is 0.613. The van der Waals surface area contributed by atoms with Gasteiger partial charge in [0.2, 0.25) is 0 Å². The molecule has 0 saturated carbocycles. The highest BCUT2D eigenvalue weighted by atomic mass is 16.5. The van der Waals surface area contributed by atoms with Gasteiger partial charge in [0.1, 0.15) is 0 Å². The van der Waals surface area contributed by atoms with Crippen molar-refractivity contribution in [3.8, 4) is 0 Å². The van der Waals surface area contributed by atoms with Gasteiger partial charge in [-0.25, -0.2) is 0 Å². The van der Waals surface area contributed by atoms with Gasteiger partial charge in [-0.1, -0.05) is 30.3 Å². The van der Waals surface area contributed by atoms with Gasteiger partial charge in [0.15, 0.2) is 0 Å². The van der Waals surface area contributed by atoms with Crippen molar-refractivity contribution < 1.29 is 4.74 Å². The van der Waals surface area contributed by atoms with E-state index in [9.17, 15) is 0 Å². The number of methoxy groups -OCH3 is 1. The molecule has 0 spiro atoms. The Bertz CT molecular complexity index is 251. The van der Waals surface area contributed by atoms with Crippen molar-refractivity contribution in [3.05, 3.63) is 35.9 Å². The van der Waals surface area contributed by atoms with E-state index >= 15 is 0 Å². The van der Waals surface area contributed by atoms with E-state index in [1.807, 2.05) is 0 Å². The van der Waals surface area contributed by atoms with Gasteiger partial charge in [-0.05, 0) is 18.5 Å². The van der Waals surface area contributed by atoms with E-state index in [1.54, 1.807) is 7.11 Å². The fourth-order valence-corrected chi connectivity index (χ4v) is 1.48. The van der Waals surface area contributed by atoms with Crippen LogP contribution in [0, 0.1) is 0 Å². The zero-order valence-corrected chi connectivity index (χ0v) is 10.0. The molecule has 0 aromatic heterocycles. The molecule has 3 nitrogen and oxygen atoms in total. The Morgan fingerprint density at radius 1 is 0.938 bits per heavy atom. The number of nitrogens with one attached hydrogen (secondary N) is 2. The maximum Gasteiger partial charge on any atom is 0.0587 e. The van der Waals surface area contributed by atoms with Crippen molar-refractivity contribution in [3.63, 3.8) is 0 Å². The van der Waals surface area contributed by atoms with E-state index in [0.29, 0.717) is 0 Å². The van der Waals surface area contributed by atoms with Gasteiger partial charge in [-0.2, -0.15) is 0 Å². The third-order valence-electron chi connectivity index (χ3n) is 2.39. The molecule has 0 aliphatic carbocycles. The Hall–Kier alpha value is -0.900. The van der Waals surface area contributed by atoms with Gasteiger partial charge in [0.05, 0.1) is 6.61 Å².